The van der Waals surface area contributed by atoms with Crippen LogP contribution in [0.2, 0.25) is 0 Å². The van der Waals surface area contributed by atoms with E-state index in [0.717, 1.165) is 70.7 Å². The molecule has 23 heavy (non-hydrogen) atoms. The highest BCUT2D eigenvalue weighted by Crippen LogP contribution is 2.31. The second-order valence-corrected chi connectivity index (χ2v) is 7.03. The van der Waals surface area contributed by atoms with Crippen LogP contribution in [-0.2, 0) is 9.47 Å². The van der Waals surface area contributed by atoms with Crippen molar-refractivity contribution in [3.05, 3.63) is 18.5 Å². The van der Waals surface area contributed by atoms with Crippen molar-refractivity contribution in [2.45, 2.75) is 24.9 Å². The van der Waals surface area contributed by atoms with E-state index < -0.39 is 0 Å². The third-order valence-electron chi connectivity index (χ3n) is 5.39. The van der Waals surface area contributed by atoms with Crippen LogP contribution in [0.15, 0.2) is 18.5 Å². The number of rotatable bonds is 3. The van der Waals surface area contributed by atoms with Gasteiger partial charge in [0, 0.05) is 45.2 Å². The van der Waals surface area contributed by atoms with Crippen LogP contribution >= 0.6 is 0 Å². The number of aromatic nitrogens is 2. The molecule has 0 bridgehead atoms. The summed E-state index contributed by atoms with van der Waals surface area (Å²) in [4.78, 5) is 13.7. The average molecular weight is 318 g/mol. The molecule has 3 aliphatic rings. The zero-order chi connectivity index (χ0) is 15.5. The molecule has 0 N–H and O–H groups in total. The lowest BCUT2D eigenvalue weighted by Gasteiger charge is -2.47. The fourth-order valence-corrected chi connectivity index (χ4v) is 4.01. The summed E-state index contributed by atoms with van der Waals surface area (Å²) >= 11 is 0. The number of morpholine rings is 1. The zero-order valence-electron chi connectivity index (χ0n) is 13.7. The van der Waals surface area contributed by atoms with E-state index in [0.29, 0.717) is 0 Å². The van der Waals surface area contributed by atoms with E-state index in [1.54, 1.807) is 0 Å². The van der Waals surface area contributed by atoms with Crippen LogP contribution in [0.1, 0.15) is 19.3 Å². The maximum Gasteiger partial charge on any atom is 0.225 e. The minimum atomic E-state index is -0.0138. The number of piperidine rings is 1. The molecule has 6 nitrogen and oxygen atoms in total. The summed E-state index contributed by atoms with van der Waals surface area (Å²) in [7, 11) is 0. The molecule has 4 rings (SSSR count). The Kier molecular flexibility index (Phi) is 4.46. The molecule has 4 heterocycles. The van der Waals surface area contributed by atoms with Crippen LogP contribution in [-0.4, -0.2) is 73.0 Å². The molecule has 0 amide bonds. The van der Waals surface area contributed by atoms with Crippen molar-refractivity contribution >= 4 is 5.95 Å². The van der Waals surface area contributed by atoms with Gasteiger partial charge in [0.2, 0.25) is 5.95 Å². The van der Waals surface area contributed by atoms with Gasteiger partial charge in [-0.05, 0) is 31.2 Å². The number of hydrogen-bond donors (Lipinski definition) is 0. The molecule has 0 radical (unpaired) electrons. The highest BCUT2D eigenvalue weighted by Gasteiger charge is 2.40. The van der Waals surface area contributed by atoms with Crippen LogP contribution < -0.4 is 4.90 Å². The molecule has 3 fully saturated rings. The quantitative estimate of drug-likeness (QED) is 0.834. The Hall–Kier alpha value is -1.24. The SMILES string of the molecule is c1cnc(N2CCOC3(CCN(C[C@H]4CCOC4)CC3)C2)nc1. The van der Waals surface area contributed by atoms with Crippen LogP contribution in [0.25, 0.3) is 0 Å². The highest BCUT2D eigenvalue weighted by atomic mass is 16.5. The first-order chi connectivity index (χ1) is 11.3. The van der Waals surface area contributed by atoms with Gasteiger partial charge in [-0.3, -0.25) is 0 Å². The van der Waals surface area contributed by atoms with E-state index in [-0.39, 0.29) is 5.60 Å². The Morgan fingerprint density at radius 1 is 1.13 bits per heavy atom. The maximum atomic E-state index is 6.23. The fourth-order valence-electron chi connectivity index (χ4n) is 4.01. The zero-order valence-corrected chi connectivity index (χ0v) is 13.7. The summed E-state index contributed by atoms with van der Waals surface area (Å²) in [5.74, 6) is 1.56. The highest BCUT2D eigenvalue weighted by molar-refractivity contribution is 5.30. The largest absolute Gasteiger partial charge is 0.381 e. The molecule has 6 heteroatoms. The lowest BCUT2D eigenvalue weighted by Crippen LogP contribution is -2.57. The van der Waals surface area contributed by atoms with Crippen molar-refractivity contribution in [1.29, 1.82) is 0 Å². The van der Waals surface area contributed by atoms with E-state index in [9.17, 15) is 0 Å². The van der Waals surface area contributed by atoms with Gasteiger partial charge in [0.15, 0.2) is 0 Å². The van der Waals surface area contributed by atoms with Crippen LogP contribution in [0.5, 0.6) is 0 Å². The molecule has 0 aliphatic carbocycles. The number of hydrogen-bond acceptors (Lipinski definition) is 6. The molecule has 1 spiro atoms. The summed E-state index contributed by atoms with van der Waals surface area (Å²) in [6, 6.07) is 1.87. The maximum absolute atomic E-state index is 6.23. The molecular weight excluding hydrogens is 292 g/mol. The standard InChI is InChI=1S/C17H26N4O2/c1-5-18-16(19-6-1)21-9-11-23-17(14-21)3-7-20(8-4-17)12-15-2-10-22-13-15/h1,5-6,15H,2-4,7-14H2/t15-/m1/s1. The van der Waals surface area contributed by atoms with E-state index in [4.69, 9.17) is 9.47 Å². The van der Waals surface area contributed by atoms with Gasteiger partial charge in [-0.2, -0.15) is 0 Å². The Bertz CT molecular complexity index is 499. The van der Waals surface area contributed by atoms with Crippen LogP contribution in [0.4, 0.5) is 5.95 Å². The second-order valence-electron chi connectivity index (χ2n) is 7.03. The third-order valence-corrected chi connectivity index (χ3v) is 5.39. The predicted octanol–water partition coefficient (Wildman–Crippen LogP) is 1.18. The Balaban J connectivity index is 1.34. The lowest BCUT2D eigenvalue weighted by molar-refractivity contribution is -0.0926. The summed E-state index contributed by atoms with van der Waals surface area (Å²) in [6.07, 6.45) is 7.05. The molecular formula is C17H26N4O2. The number of likely N-dealkylation sites (tertiary alicyclic amines) is 1. The monoisotopic (exact) mass is 318 g/mol. The average Bonchev–Trinajstić information content (AvgIpc) is 3.11. The van der Waals surface area contributed by atoms with E-state index in [1.807, 2.05) is 18.5 Å². The van der Waals surface area contributed by atoms with Crippen molar-refractivity contribution in [2.24, 2.45) is 5.92 Å². The second kappa shape index (κ2) is 6.71. The normalized spacial score (nSPS) is 28.3. The van der Waals surface area contributed by atoms with Gasteiger partial charge in [-0.15, -0.1) is 0 Å². The third kappa shape index (κ3) is 3.49. The predicted molar refractivity (Wildman–Crippen MR) is 87.5 cm³/mol. The minimum absolute atomic E-state index is 0.0138. The van der Waals surface area contributed by atoms with E-state index in [1.165, 1.54) is 13.0 Å². The summed E-state index contributed by atoms with van der Waals surface area (Å²) in [6.45, 7) is 7.89. The number of ether oxygens (including phenoxy) is 2. The molecule has 126 valence electrons. The van der Waals surface area contributed by atoms with Gasteiger partial charge in [-0.1, -0.05) is 0 Å². The van der Waals surface area contributed by atoms with Crippen molar-refractivity contribution in [3.63, 3.8) is 0 Å². The Morgan fingerprint density at radius 3 is 2.70 bits per heavy atom. The minimum Gasteiger partial charge on any atom is -0.381 e. The number of anilines is 1. The summed E-state index contributed by atoms with van der Waals surface area (Å²) < 4.78 is 11.7. The summed E-state index contributed by atoms with van der Waals surface area (Å²) in [5.41, 5.74) is -0.0138. The van der Waals surface area contributed by atoms with Gasteiger partial charge in [0.05, 0.1) is 25.4 Å². The Labute approximate surface area is 137 Å². The molecule has 1 atom stereocenters. The van der Waals surface area contributed by atoms with Crippen molar-refractivity contribution in [1.82, 2.24) is 14.9 Å². The van der Waals surface area contributed by atoms with E-state index >= 15 is 0 Å². The molecule has 3 aliphatic heterocycles. The van der Waals surface area contributed by atoms with E-state index in [2.05, 4.69) is 19.8 Å². The van der Waals surface area contributed by atoms with Crippen LogP contribution in [0, 0.1) is 5.92 Å². The van der Waals surface area contributed by atoms with Crippen molar-refractivity contribution in [2.75, 3.05) is 57.4 Å². The fraction of sp³-hybridized carbons (Fsp3) is 0.765. The first-order valence-electron chi connectivity index (χ1n) is 8.79. The Morgan fingerprint density at radius 2 is 1.96 bits per heavy atom. The smallest absolute Gasteiger partial charge is 0.225 e. The first kappa shape index (κ1) is 15.3. The first-order valence-corrected chi connectivity index (χ1v) is 8.79. The van der Waals surface area contributed by atoms with Gasteiger partial charge in [0.25, 0.3) is 0 Å². The van der Waals surface area contributed by atoms with Gasteiger partial charge >= 0.3 is 0 Å². The van der Waals surface area contributed by atoms with Crippen molar-refractivity contribution < 1.29 is 9.47 Å². The molecule has 0 unspecified atom stereocenters. The molecule has 1 aromatic rings. The van der Waals surface area contributed by atoms with Crippen LogP contribution in [0.3, 0.4) is 0 Å². The molecule has 0 saturated carbocycles. The van der Waals surface area contributed by atoms with Gasteiger partial charge in [-0.25, -0.2) is 9.97 Å². The van der Waals surface area contributed by atoms with Gasteiger partial charge < -0.3 is 19.3 Å². The molecule has 0 aromatic carbocycles. The van der Waals surface area contributed by atoms with Gasteiger partial charge in [0.1, 0.15) is 0 Å². The number of nitrogens with zero attached hydrogens (tertiary/aromatic N) is 4. The van der Waals surface area contributed by atoms with Crippen molar-refractivity contribution in [3.8, 4) is 0 Å². The lowest BCUT2D eigenvalue weighted by atomic mass is 9.89. The molecule has 1 aromatic heterocycles. The molecule has 3 saturated heterocycles. The topological polar surface area (TPSA) is 50.7 Å². The summed E-state index contributed by atoms with van der Waals surface area (Å²) in [5, 5.41) is 0.